The van der Waals surface area contributed by atoms with Crippen LogP contribution >= 0.6 is 11.3 Å². The molecule has 1 fully saturated rings. The van der Waals surface area contributed by atoms with Crippen molar-refractivity contribution in [3.8, 4) is 0 Å². The Labute approximate surface area is 105 Å². The summed E-state index contributed by atoms with van der Waals surface area (Å²) < 4.78 is 32.2. The van der Waals surface area contributed by atoms with Gasteiger partial charge in [0.25, 0.3) is 0 Å². The molecule has 2 rings (SSSR count). The molecular weight excluding hydrogens is 260 g/mol. The Morgan fingerprint density at radius 1 is 1.65 bits per heavy atom. The summed E-state index contributed by atoms with van der Waals surface area (Å²) in [5.74, 6) is 0. The van der Waals surface area contributed by atoms with E-state index in [2.05, 4.69) is 4.72 Å². The molecule has 1 aliphatic heterocycles. The number of ether oxygens (including phenoxy) is 1. The first-order valence-electron chi connectivity index (χ1n) is 5.39. The highest BCUT2D eigenvalue weighted by Crippen LogP contribution is 2.26. The smallest absolute Gasteiger partial charge is 0.250 e. The molecule has 0 spiro atoms. The number of thiophene rings is 1. The highest BCUT2D eigenvalue weighted by Gasteiger charge is 2.31. The maximum atomic E-state index is 11.9. The SMILES string of the molecule is CC1(CNS(=O)(=O)c2cc(N)cs2)CCCO1. The van der Waals surface area contributed by atoms with Gasteiger partial charge in [-0.2, -0.15) is 0 Å². The Hall–Kier alpha value is -0.630. The van der Waals surface area contributed by atoms with Crippen LogP contribution in [0, 0.1) is 0 Å². The Bertz CT molecular complexity index is 489. The van der Waals surface area contributed by atoms with Crippen molar-refractivity contribution < 1.29 is 13.2 Å². The zero-order valence-electron chi connectivity index (χ0n) is 9.60. The second-order valence-electron chi connectivity index (χ2n) is 4.43. The van der Waals surface area contributed by atoms with Gasteiger partial charge in [-0.25, -0.2) is 13.1 Å². The molecule has 0 bridgehead atoms. The van der Waals surface area contributed by atoms with Crippen LogP contribution in [0.4, 0.5) is 5.69 Å². The third-order valence-electron chi connectivity index (χ3n) is 2.80. The number of hydrogen-bond donors (Lipinski definition) is 2. The minimum atomic E-state index is -3.46. The van der Waals surface area contributed by atoms with Crippen molar-refractivity contribution in [1.29, 1.82) is 0 Å². The van der Waals surface area contributed by atoms with Crippen LogP contribution in [0.25, 0.3) is 0 Å². The number of nitrogen functional groups attached to an aromatic ring is 1. The van der Waals surface area contributed by atoms with Gasteiger partial charge in [-0.3, -0.25) is 0 Å². The zero-order chi connectivity index (χ0) is 12.5. The van der Waals surface area contributed by atoms with Gasteiger partial charge in [-0.05, 0) is 25.8 Å². The van der Waals surface area contributed by atoms with Gasteiger partial charge >= 0.3 is 0 Å². The standard InChI is InChI=1S/C10H16N2O3S2/c1-10(3-2-4-15-10)7-12-17(13,14)9-5-8(11)6-16-9/h5-6,12H,2-4,7,11H2,1H3. The fourth-order valence-corrected chi connectivity index (χ4v) is 4.05. The normalized spacial score (nSPS) is 25.2. The first-order chi connectivity index (χ1) is 7.91. The average molecular weight is 276 g/mol. The third kappa shape index (κ3) is 2.98. The molecule has 0 radical (unpaired) electrons. The van der Waals surface area contributed by atoms with E-state index in [9.17, 15) is 8.42 Å². The number of nitrogens with two attached hydrogens (primary N) is 1. The Balaban J connectivity index is 2.03. The molecule has 1 atom stereocenters. The number of rotatable bonds is 4. The molecule has 2 heterocycles. The van der Waals surface area contributed by atoms with Crippen molar-refractivity contribution in [1.82, 2.24) is 4.72 Å². The number of sulfonamides is 1. The van der Waals surface area contributed by atoms with Crippen molar-refractivity contribution in [3.63, 3.8) is 0 Å². The summed E-state index contributed by atoms with van der Waals surface area (Å²) in [5.41, 5.74) is 5.61. The van der Waals surface area contributed by atoms with Crippen molar-refractivity contribution in [2.75, 3.05) is 18.9 Å². The van der Waals surface area contributed by atoms with Crippen molar-refractivity contribution in [2.24, 2.45) is 0 Å². The van der Waals surface area contributed by atoms with Crippen LogP contribution < -0.4 is 10.5 Å². The first kappa shape index (κ1) is 12.8. The van der Waals surface area contributed by atoms with Gasteiger partial charge in [0.1, 0.15) is 4.21 Å². The average Bonchev–Trinajstić information content (AvgIpc) is 2.86. The van der Waals surface area contributed by atoms with E-state index >= 15 is 0 Å². The van der Waals surface area contributed by atoms with Crippen LogP contribution in [0.3, 0.4) is 0 Å². The van der Waals surface area contributed by atoms with Gasteiger partial charge in [0.2, 0.25) is 10.0 Å². The van der Waals surface area contributed by atoms with E-state index in [-0.39, 0.29) is 9.81 Å². The lowest BCUT2D eigenvalue weighted by molar-refractivity contribution is 0.0250. The van der Waals surface area contributed by atoms with Crippen LogP contribution in [0.2, 0.25) is 0 Å². The third-order valence-corrected chi connectivity index (χ3v) is 5.66. The van der Waals surface area contributed by atoms with Crippen molar-refractivity contribution in [3.05, 3.63) is 11.4 Å². The van der Waals surface area contributed by atoms with E-state index in [0.717, 1.165) is 24.2 Å². The fourth-order valence-electron chi connectivity index (χ4n) is 1.77. The summed E-state index contributed by atoms with van der Waals surface area (Å²) in [7, 11) is -3.46. The number of hydrogen-bond acceptors (Lipinski definition) is 5. The fraction of sp³-hybridized carbons (Fsp3) is 0.600. The summed E-state index contributed by atoms with van der Waals surface area (Å²) >= 11 is 1.12. The van der Waals surface area contributed by atoms with Crippen molar-refractivity contribution in [2.45, 2.75) is 29.6 Å². The lowest BCUT2D eigenvalue weighted by Crippen LogP contribution is -2.39. The summed E-state index contributed by atoms with van der Waals surface area (Å²) in [6.45, 7) is 2.92. The van der Waals surface area contributed by atoms with Crippen LogP contribution in [0.1, 0.15) is 19.8 Å². The van der Waals surface area contributed by atoms with E-state index in [1.165, 1.54) is 6.07 Å². The Morgan fingerprint density at radius 3 is 2.94 bits per heavy atom. The molecule has 0 aromatic carbocycles. The molecular formula is C10H16N2O3S2. The van der Waals surface area contributed by atoms with Gasteiger partial charge < -0.3 is 10.5 Å². The summed E-state index contributed by atoms with van der Waals surface area (Å²) in [4.78, 5) is 0. The van der Waals surface area contributed by atoms with E-state index in [1.807, 2.05) is 6.92 Å². The number of nitrogens with one attached hydrogen (secondary N) is 1. The van der Waals surface area contributed by atoms with E-state index in [4.69, 9.17) is 10.5 Å². The van der Waals surface area contributed by atoms with E-state index in [1.54, 1.807) is 5.38 Å². The molecule has 5 nitrogen and oxygen atoms in total. The maximum Gasteiger partial charge on any atom is 0.250 e. The molecule has 1 aromatic rings. The Kier molecular flexibility index (Phi) is 3.44. The monoisotopic (exact) mass is 276 g/mol. The molecule has 0 saturated carbocycles. The zero-order valence-corrected chi connectivity index (χ0v) is 11.2. The van der Waals surface area contributed by atoms with Crippen LogP contribution in [0.5, 0.6) is 0 Å². The summed E-state index contributed by atoms with van der Waals surface area (Å²) in [6, 6.07) is 1.46. The van der Waals surface area contributed by atoms with Gasteiger partial charge in [-0.1, -0.05) is 0 Å². The molecule has 0 aliphatic carbocycles. The molecule has 0 amide bonds. The van der Waals surface area contributed by atoms with Gasteiger partial charge in [0.15, 0.2) is 0 Å². The minimum absolute atomic E-state index is 0.247. The molecule has 96 valence electrons. The first-order valence-corrected chi connectivity index (χ1v) is 7.75. The summed E-state index contributed by atoms with van der Waals surface area (Å²) in [5, 5.41) is 1.61. The minimum Gasteiger partial charge on any atom is -0.398 e. The molecule has 1 aliphatic rings. The molecule has 1 saturated heterocycles. The molecule has 7 heteroatoms. The van der Waals surface area contributed by atoms with Gasteiger partial charge in [-0.15, -0.1) is 11.3 Å². The molecule has 1 unspecified atom stereocenters. The second kappa shape index (κ2) is 4.56. The van der Waals surface area contributed by atoms with Crippen LogP contribution in [-0.2, 0) is 14.8 Å². The van der Waals surface area contributed by atoms with Crippen molar-refractivity contribution >= 4 is 27.0 Å². The number of anilines is 1. The molecule has 3 N–H and O–H groups in total. The molecule has 17 heavy (non-hydrogen) atoms. The topological polar surface area (TPSA) is 81.4 Å². The lowest BCUT2D eigenvalue weighted by Gasteiger charge is -2.22. The largest absolute Gasteiger partial charge is 0.398 e. The quantitative estimate of drug-likeness (QED) is 0.865. The highest BCUT2D eigenvalue weighted by atomic mass is 32.2. The maximum absolute atomic E-state index is 11.9. The predicted octanol–water partition coefficient (Wildman–Crippen LogP) is 1.18. The van der Waals surface area contributed by atoms with E-state index < -0.39 is 10.0 Å². The Morgan fingerprint density at radius 2 is 2.41 bits per heavy atom. The van der Waals surface area contributed by atoms with Gasteiger partial charge in [0.05, 0.1) is 5.60 Å². The highest BCUT2D eigenvalue weighted by molar-refractivity contribution is 7.91. The van der Waals surface area contributed by atoms with Crippen LogP contribution in [-0.4, -0.2) is 27.2 Å². The second-order valence-corrected chi connectivity index (χ2v) is 7.33. The van der Waals surface area contributed by atoms with Gasteiger partial charge in [0, 0.05) is 24.2 Å². The molecule has 1 aromatic heterocycles. The lowest BCUT2D eigenvalue weighted by atomic mass is 10.0. The predicted molar refractivity (Wildman–Crippen MR) is 67.5 cm³/mol. The van der Waals surface area contributed by atoms with E-state index in [0.29, 0.717) is 18.8 Å². The summed E-state index contributed by atoms with van der Waals surface area (Å²) in [6.07, 6.45) is 1.85. The van der Waals surface area contributed by atoms with Crippen LogP contribution in [0.15, 0.2) is 15.7 Å².